The summed E-state index contributed by atoms with van der Waals surface area (Å²) in [5.41, 5.74) is 3.98. The van der Waals surface area contributed by atoms with E-state index in [2.05, 4.69) is 21.0 Å². The molecule has 6 heteroatoms. The van der Waals surface area contributed by atoms with Gasteiger partial charge in [-0.15, -0.1) is 0 Å². The van der Waals surface area contributed by atoms with Crippen LogP contribution < -0.4 is 0 Å². The first-order valence-electron chi connectivity index (χ1n) is 8.71. The molecule has 1 N–H and O–H groups in total. The smallest absolute Gasteiger partial charge is 0.125 e. The first-order chi connectivity index (χ1) is 12.7. The van der Waals surface area contributed by atoms with Gasteiger partial charge < -0.3 is 4.98 Å². The Labute approximate surface area is 150 Å². The zero-order chi connectivity index (χ0) is 17.5. The van der Waals surface area contributed by atoms with E-state index in [9.17, 15) is 4.39 Å². The van der Waals surface area contributed by atoms with E-state index in [1.54, 1.807) is 10.7 Å². The highest BCUT2D eigenvalue weighted by Crippen LogP contribution is 2.28. The van der Waals surface area contributed by atoms with Crippen LogP contribution in [-0.4, -0.2) is 37.7 Å². The zero-order valence-electron chi connectivity index (χ0n) is 14.1. The highest BCUT2D eigenvalue weighted by atomic mass is 19.1. The molecule has 2 aromatic carbocycles. The quantitative estimate of drug-likeness (QED) is 0.615. The third-order valence-corrected chi connectivity index (χ3v) is 4.87. The van der Waals surface area contributed by atoms with Gasteiger partial charge in [-0.05, 0) is 30.3 Å². The van der Waals surface area contributed by atoms with Crippen molar-refractivity contribution >= 4 is 11.0 Å². The second kappa shape index (κ2) is 6.07. The molecule has 3 heterocycles. The lowest BCUT2D eigenvalue weighted by Crippen LogP contribution is -2.44. The van der Waals surface area contributed by atoms with Crippen LogP contribution in [0.1, 0.15) is 17.3 Å². The van der Waals surface area contributed by atoms with E-state index in [-0.39, 0.29) is 5.82 Å². The van der Waals surface area contributed by atoms with Crippen molar-refractivity contribution in [1.29, 1.82) is 0 Å². The first-order valence-corrected chi connectivity index (χ1v) is 8.71. The summed E-state index contributed by atoms with van der Waals surface area (Å²) in [6.07, 6.45) is 3.81. The Balaban J connectivity index is 1.24. The molecule has 1 fully saturated rings. The van der Waals surface area contributed by atoms with Gasteiger partial charge in [-0.3, -0.25) is 4.90 Å². The second-order valence-electron chi connectivity index (χ2n) is 6.80. The minimum Gasteiger partial charge on any atom is -0.342 e. The van der Waals surface area contributed by atoms with E-state index >= 15 is 0 Å². The van der Waals surface area contributed by atoms with E-state index in [1.807, 2.05) is 36.7 Å². The number of H-pyrrole nitrogens is 1. The molecule has 0 amide bonds. The molecule has 5 nitrogen and oxygen atoms in total. The number of rotatable bonds is 4. The predicted molar refractivity (Wildman–Crippen MR) is 97.6 cm³/mol. The fraction of sp³-hybridized carbons (Fsp3) is 0.200. The maximum absolute atomic E-state index is 13.4. The van der Waals surface area contributed by atoms with Gasteiger partial charge >= 0.3 is 0 Å². The summed E-state index contributed by atoms with van der Waals surface area (Å²) < 4.78 is 15.1. The number of likely N-dealkylation sites (tertiary alicyclic amines) is 1. The number of halogens is 1. The Hall–Kier alpha value is -2.99. The van der Waals surface area contributed by atoms with Crippen LogP contribution in [0.5, 0.6) is 0 Å². The molecule has 2 aromatic heterocycles. The van der Waals surface area contributed by atoms with E-state index < -0.39 is 0 Å². The number of benzene rings is 2. The van der Waals surface area contributed by atoms with Crippen LogP contribution >= 0.6 is 0 Å². The topological polar surface area (TPSA) is 49.7 Å². The molecule has 0 saturated carbocycles. The molecule has 0 bridgehead atoms. The standard InChI is InChI=1S/C20H18FN5/c21-16-4-3-5-17(8-16)26-11-14(9-22-26)10-25-12-15(13-25)20-23-18-6-1-2-7-19(18)24-20/h1-9,11,15H,10,12-13H2,(H,23,24). The molecule has 0 spiro atoms. The summed E-state index contributed by atoms with van der Waals surface area (Å²) in [4.78, 5) is 10.5. The van der Waals surface area contributed by atoms with E-state index in [0.29, 0.717) is 5.92 Å². The molecule has 1 aliphatic heterocycles. The SMILES string of the molecule is Fc1cccc(-n2cc(CN3CC(c4nc5ccccc5[nH]4)C3)cn2)c1. The molecule has 0 atom stereocenters. The normalized spacial score (nSPS) is 15.4. The van der Waals surface area contributed by atoms with Gasteiger partial charge in [0.1, 0.15) is 11.6 Å². The van der Waals surface area contributed by atoms with Gasteiger partial charge in [-0.25, -0.2) is 14.1 Å². The zero-order valence-corrected chi connectivity index (χ0v) is 14.1. The number of aromatic amines is 1. The number of aromatic nitrogens is 4. The first kappa shape index (κ1) is 15.3. The summed E-state index contributed by atoms with van der Waals surface area (Å²) in [5, 5.41) is 4.35. The molecule has 130 valence electrons. The minimum atomic E-state index is -0.254. The Kier molecular flexibility index (Phi) is 3.57. The minimum absolute atomic E-state index is 0.254. The van der Waals surface area contributed by atoms with Gasteiger partial charge in [-0.2, -0.15) is 5.10 Å². The number of hydrogen-bond acceptors (Lipinski definition) is 3. The average Bonchev–Trinajstić information content (AvgIpc) is 3.24. The highest BCUT2D eigenvalue weighted by molar-refractivity contribution is 5.74. The average molecular weight is 347 g/mol. The fourth-order valence-corrected chi connectivity index (χ4v) is 3.50. The summed E-state index contributed by atoms with van der Waals surface area (Å²) in [6, 6.07) is 14.6. The summed E-state index contributed by atoms with van der Waals surface area (Å²) in [7, 11) is 0. The molecular formula is C20H18FN5. The molecular weight excluding hydrogens is 329 g/mol. The van der Waals surface area contributed by atoms with Gasteiger partial charge in [0, 0.05) is 37.3 Å². The van der Waals surface area contributed by atoms with E-state index in [0.717, 1.165) is 47.7 Å². The van der Waals surface area contributed by atoms with Gasteiger partial charge in [0.05, 0.1) is 22.9 Å². The summed E-state index contributed by atoms with van der Waals surface area (Å²) in [5.74, 6) is 1.26. The molecule has 5 rings (SSSR count). The molecule has 1 saturated heterocycles. The maximum Gasteiger partial charge on any atom is 0.125 e. The lowest BCUT2D eigenvalue weighted by molar-refractivity contribution is 0.135. The van der Waals surface area contributed by atoms with Crippen molar-refractivity contribution in [1.82, 2.24) is 24.6 Å². The maximum atomic E-state index is 13.4. The predicted octanol–water partition coefficient (Wildman–Crippen LogP) is 3.49. The summed E-state index contributed by atoms with van der Waals surface area (Å²) >= 11 is 0. The van der Waals surface area contributed by atoms with Crippen molar-refractivity contribution in [2.75, 3.05) is 13.1 Å². The molecule has 0 radical (unpaired) electrons. The lowest BCUT2D eigenvalue weighted by Gasteiger charge is -2.37. The molecule has 0 unspecified atom stereocenters. The third-order valence-electron chi connectivity index (χ3n) is 4.87. The molecule has 26 heavy (non-hydrogen) atoms. The van der Waals surface area contributed by atoms with Crippen molar-refractivity contribution < 1.29 is 4.39 Å². The van der Waals surface area contributed by atoms with Crippen molar-refractivity contribution in [2.24, 2.45) is 0 Å². The molecule has 0 aliphatic carbocycles. The van der Waals surface area contributed by atoms with Crippen LogP contribution in [0.2, 0.25) is 0 Å². The molecule has 4 aromatic rings. The summed E-state index contributed by atoms with van der Waals surface area (Å²) in [6.45, 7) is 2.79. The Morgan fingerprint density at radius 1 is 1.12 bits per heavy atom. The van der Waals surface area contributed by atoms with E-state index in [4.69, 9.17) is 4.98 Å². The van der Waals surface area contributed by atoms with Crippen LogP contribution in [-0.2, 0) is 6.54 Å². The van der Waals surface area contributed by atoms with Gasteiger partial charge in [0.25, 0.3) is 0 Å². The van der Waals surface area contributed by atoms with Crippen molar-refractivity contribution in [2.45, 2.75) is 12.5 Å². The van der Waals surface area contributed by atoms with Crippen molar-refractivity contribution in [3.63, 3.8) is 0 Å². The number of nitrogens with one attached hydrogen (secondary N) is 1. The van der Waals surface area contributed by atoms with Crippen LogP contribution in [0.4, 0.5) is 4.39 Å². The van der Waals surface area contributed by atoms with Crippen LogP contribution in [0.15, 0.2) is 60.9 Å². The van der Waals surface area contributed by atoms with Crippen molar-refractivity contribution in [3.05, 3.63) is 78.1 Å². The number of hydrogen-bond donors (Lipinski definition) is 1. The number of imidazole rings is 1. The van der Waals surface area contributed by atoms with E-state index in [1.165, 1.54) is 12.1 Å². The van der Waals surface area contributed by atoms with Crippen LogP contribution in [0, 0.1) is 5.82 Å². The Morgan fingerprint density at radius 3 is 2.85 bits per heavy atom. The second-order valence-corrected chi connectivity index (χ2v) is 6.80. The Bertz CT molecular complexity index is 1030. The number of para-hydroxylation sites is 2. The van der Waals surface area contributed by atoms with Gasteiger partial charge in [0.15, 0.2) is 0 Å². The van der Waals surface area contributed by atoms with Gasteiger partial charge in [0.2, 0.25) is 0 Å². The monoisotopic (exact) mass is 347 g/mol. The molecule has 1 aliphatic rings. The third kappa shape index (κ3) is 2.78. The highest BCUT2D eigenvalue weighted by Gasteiger charge is 2.30. The van der Waals surface area contributed by atoms with Crippen LogP contribution in [0.3, 0.4) is 0 Å². The number of fused-ring (bicyclic) bond motifs is 1. The number of nitrogens with zero attached hydrogens (tertiary/aromatic N) is 4. The van der Waals surface area contributed by atoms with Crippen molar-refractivity contribution in [3.8, 4) is 5.69 Å². The van der Waals surface area contributed by atoms with Crippen LogP contribution in [0.25, 0.3) is 16.7 Å². The largest absolute Gasteiger partial charge is 0.342 e. The fourth-order valence-electron chi connectivity index (χ4n) is 3.50. The Morgan fingerprint density at radius 2 is 2.00 bits per heavy atom. The van der Waals surface area contributed by atoms with Gasteiger partial charge in [-0.1, -0.05) is 18.2 Å². The lowest BCUT2D eigenvalue weighted by atomic mass is 9.99.